The summed E-state index contributed by atoms with van der Waals surface area (Å²) in [5.74, 6) is 2.73. The number of hydrogen-bond donors (Lipinski definition) is 0. The normalized spacial score (nSPS) is 10.8. The lowest BCUT2D eigenvalue weighted by Crippen LogP contribution is -2.04. The van der Waals surface area contributed by atoms with E-state index in [9.17, 15) is 13.2 Å². The molecule has 0 bridgehead atoms. The molecule has 0 aromatic heterocycles. The smallest absolute Gasteiger partial charge is 0.166 e. The van der Waals surface area contributed by atoms with Crippen LogP contribution < -0.4 is 0 Å². The van der Waals surface area contributed by atoms with Gasteiger partial charge in [0.05, 0.1) is 5.56 Å². The third kappa shape index (κ3) is 4.07. The van der Waals surface area contributed by atoms with E-state index in [0.717, 1.165) is 22.6 Å². The maximum absolute atomic E-state index is 12.5. The van der Waals surface area contributed by atoms with Gasteiger partial charge in [-0.3, -0.25) is 0 Å². The Hall–Kier alpha value is -1.86. The molecule has 0 aliphatic heterocycles. The van der Waals surface area contributed by atoms with Gasteiger partial charge in [-0.15, -0.1) is 0 Å². The van der Waals surface area contributed by atoms with E-state index in [1.54, 1.807) is 6.07 Å². The lowest BCUT2D eigenvalue weighted by Gasteiger charge is -2.05. The van der Waals surface area contributed by atoms with Crippen LogP contribution in [0.5, 0.6) is 0 Å². The van der Waals surface area contributed by atoms with Crippen LogP contribution >= 0.6 is 11.8 Å². The third-order valence-corrected chi connectivity index (χ3v) is 3.29. The number of rotatable bonds is 1. The first-order chi connectivity index (χ1) is 9.45. The van der Waals surface area contributed by atoms with Gasteiger partial charge in [0, 0.05) is 10.5 Å². The second-order valence-corrected chi connectivity index (χ2v) is 5.10. The van der Waals surface area contributed by atoms with Gasteiger partial charge in [0.15, 0.2) is 0 Å². The number of hydrogen-bond acceptors (Lipinski definition) is 1. The van der Waals surface area contributed by atoms with Crippen LogP contribution in [0, 0.1) is 18.1 Å². The van der Waals surface area contributed by atoms with Crippen molar-refractivity contribution in [2.75, 3.05) is 0 Å². The number of alkyl halides is 3. The van der Waals surface area contributed by atoms with Crippen LogP contribution in [0.15, 0.2) is 53.4 Å². The van der Waals surface area contributed by atoms with Crippen LogP contribution in [0.3, 0.4) is 0 Å². The van der Waals surface area contributed by atoms with Crippen molar-refractivity contribution in [3.63, 3.8) is 0 Å². The van der Waals surface area contributed by atoms with E-state index in [1.807, 2.05) is 31.2 Å². The van der Waals surface area contributed by atoms with Crippen molar-refractivity contribution < 1.29 is 13.2 Å². The molecule has 0 radical (unpaired) electrons. The summed E-state index contributed by atoms with van der Waals surface area (Å²) in [6, 6.07) is 12.8. The molecule has 0 N–H and O–H groups in total. The topological polar surface area (TPSA) is 0 Å². The SMILES string of the molecule is Cc1ccc(SC#Cc2cccc(C(F)(F)F)c2)cc1. The van der Waals surface area contributed by atoms with E-state index in [4.69, 9.17) is 0 Å². The lowest BCUT2D eigenvalue weighted by molar-refractivity contribution is -0.137. The summed E-state index contributed by atoms with van der Waals surface area (Å²) < 4.78 is 37.6. The van der Waals surface area contributed by atoms with Crippen molar-refractivity contribution in [3.8, 4) is 11.2 Å². The van der Waals surface area contributed by atoms with Gasteiger partial charge < -0.3 is 0 Å². The van der Waals surface area contributed by atoms with E-state index in [0.29, 0.717) is 5.56 Å². The summed E-state index contributed by atoms with van der Waals surface area (Å²) in [5.41, 5.74) is 0.837. The fraction of sp³-hybridized carbons (Fsp3) is 0.125. The zero-order chi connectivity index (χ0) is 14.6. The van der Waals surface area contributed by atoms with Gasteiger partial charge in [0.25, 0.3) is 0 Å². The Morgan fingerprint density at radius 1 is 1.00 bits per heavy atom. The van der Waals surface area contributed by atoms with Gasteiger partial charge in [-0.05, 0) is 54.3 Å². The summed E-state index contributed by atoms with van der Waals surface area (Å²) in [4.78, 5) is 0.968. The Balaban J connectivity index is 2.11. The Morgan fingerprint density at radius 2 is 1.70 bits per heavy atom. The highest BCUT2D eigenvalue weighted by molar-refractivity contribution is 8.03. The van der Waals surface area contributed by atoms with Gasteiger partial charge in [-0.25, -0.2) is 0 Å². The fourth-order valence-electron chi connectivity index (χ4n) is 1.52. The van der Waals surface area contributed by atoms with Gasteiger partial charge in [0.1, 0.15) is 0 Å². The minimum absolute atomic E-state index is 0.361. The summed E-state index contributed by atoms with van der Waals surface area (Å²) in [6.45, 7) is 1.99. The Morgan fingerprint density at radius 3 is 2.35 bits per heavy atom. The fourth-order valence-corrected chi connectivity index (χ4v) is 2.08. The standard InChI is InChI=1S/C16H11F3S/c1-12-5-7-15(8-6-12)20-10-9-13-3-2-4-14(11-13)16(17,18)19/h2-8,11H,1H3. The molecule has 0 spiro atoms. The van der Waals surface area contributed by atoms with Gasteiger partial charge in [0.2, 0.25) is 0 Å². The van der Waals surface area contributed by atoms with Crippen LogP contribution in [-0.4, -0.2) is 0 Å². The average molecular weight is 292 g/mol. The number of halogens is 3. The van der Waals surface area contributed by atoms with Crippen LogP contribution in [0.2, 0.25) is 0 Å². The molecule has 0 amide bonds. The van der Waals surface area contributed by atoms with Crippen molar-refractivity contribution >= 4 is 11.8 Å². The second kappa shape index (κ2) is 6.06. The molecule has 2 aromatic rings. The first-order valence-corrected chi connectivity index (χ1v) is 6.68. The van der Waals surface area contributed by atoms with Crippen LogP contribution in [0.25, 0.3) is 0 Å². The molecule has 0 nitrogen and oxygen atoms in total. The molecule has 102 valence electrons. The molecule has 0 heterocycles. The molecule has 0 saturated heterocycles. The van der Waals surface area contributed by atoms with Crippen molar-refractivity contribution in [2.45, 2.75) is 18.0 Å². The molecule has 0 atom stereocenters. The van der Waals surface area contributed by atoms with E-state index in [2.05, 4.69) is 11.2 Å². The van der Waals surface area contributed by atoms with Crippen LogP contribution in [0.4, 0.5) is 13.2 Å². The lowest BCUT2D eigenvalue weighted by atomic mass is 10.1. The first kappa shape index (κ1) is 14.5. The monoisotopic (exact) mass is 292 g/mol. The molecule has 0 aliphatic carbocycles. The molecule has 4 heteroatoms. The zero-order valence-electron chi connectivity index (χ0n) is 10.7. The maximum atomic E-state index is 12.5. The summed E-state index contributed by atoms with van der Waals surface area (Å²) in [5, 5.41) is 2.82. The third-order valence-electron chi connectivity index (χ3n) is 2.58. The van der Waals surface area contributed by atoms with Gasteiger partial charge >= 0.3 is 6.18 Å². The molecular weight excluding hydrogens is 281 g/mol. The molecule has 20 heavy (non-hydrogen) atoms. The van der Waals surface area contributed by atoms with Gasteiger partial charge in [-0.2, -0.15) is 13.2 Å². The zero-order valence-corrected chi connectivity index (χ0v) is 11.5. The minimum Gasteiger partial charge on any atom is -0.166 e. The molecule has 0 fully saturated rings. The number of aryl methyl sites for hydroxylation is 1. The predicted octanol–water partition coefficient (Wildman–Crippen LogP) is 5.12. The van der Waals surface area contributed by atoms with E-state index in [1.165, 1.54) is 17.8 Å². The van der Waals surface area contributed by atoms with E-state index >= 15 is 0 Å². The Bertz CT molecular complexity index is 646. The quantitative estimate of drug-likeness (QED) is 0.519. The van der Waals surface area contributed by atoms with E-state index < -0.39 is 11.7 Å². The van der Waals surface area contributed by atoms with Crippen molar-refractivity contribution in [1.82, 2.24) is 0 Å². The number of benzene rings is 2. The Kier molecular flexibility index (Phi) is 4.41. The molecule has 0 saturated carbocycles. The highest BCUT2D eigenvalue weighted by Gasteiger charge is 2.30. The summed E-state index contributed by atoms with van der Waals surface area (Å²) >= 11 is 1.29. The highest BCUT2D eigenvalue weighted by Crippen LogP contribution is 2.29. The average Bonchev–Trinajstić information content (AvgIpc) is 2.40. The molecule has 2 aromatic carbocycles. The highest BCUT2D eigenvalue weighted by atomic mass is 32.2. The molecular formula is C16H11F3S. The predicted molar refractivity (Wildman–Crippen MR) is 75.4 cm³/mol. The molecule has 0 aliphatic rings. The van der Waals surface area contributed by atoms with Crippen LogP contribution in [-0.2, 0) is 6.18 Å². The van der Waals surface area contributed by atoms with Crippen molar-refractivity contribution in [1.29, 1.82) is 0 Å². The Labute approximate surface area is 120 Å². The molecule has 0 unspecified atom stereocenters. The largest absolute Gasteiger partial charge is 0.416 e. The van der Waals surface area contributed by atoms with E-state index in [-0.39, 0.29) is 0 Å². The maximum Gasteiger partial charge on any atom is 0.416 e. The van der Waals surface area contributed by atoms with Crippen LogP contribution in [0.1, 0.15) is 16.7 Å². The molecule has 2 rings (SSSR count). The first-order valence-electron chi connectivity index (χ1n) is 5.87. The van der Waals surface area contributed by atoms with Crippen molar-refractivity contribution in [3.05, 3.63) is 65.2 Å². The van der Waals surface area contributed by atoms with Crippen molar-refractivity contribution in [2.24, 2.45) is 0 Å². The number of thioether (sulfide) groups is 1. The minimum atomic E-state index is -4.33. The van der Waals surface area contributed by atoms with Gasteiger partial charge in [-0.1, -0.05) is 29.7 Å². The second-order valence-electron chi connectivity index (χ2n) is 4.22. The summed E-state index contributed by atoms with van der Waals surface area (Å²) in [7, 11) is 0. The summed E-state index contributed by atoms with van der Waals surface area (Å²) in [6.07, 6.45) is -4.33.